The molecule has 74 heavy (non-hydrogen) atoms. The Morgan fingerprint density at radius 2 is 0.743 bits per heavy atom. The average molecular weight is 1010 g/mol. The molecular weight excluding hydrogens is 941 g/mol. The first-order chi connectivity index (χ1) is 36.0. The third-order valence-corrected chi connectivity index (χ3v) is 12.0. The average Bonchev–Trinajstić information content (AvgIpc) is 3.42. The van der Waals surface area contributed by atoms with Gasteiger partial charge in [0.15, 0.2) is 0 Å². The zero-order valence-corrected chi connectivity index (χ0v) is 43.6. The van der Waals surface area contributed by atoms with Crippen molar-refractivity contribution in [1.82, 2.24) is 0 Å². The molecule has 15 nitrogen and oxygen atoms in total. The highest BCUT2D eigenvalue weighted by Crippen LogP contribution is 2.40. The van der Waals surface area contributed by atoms with Crippen molar-refractivity contribution < 1.29 is 52.3 Å². The van der Waals surface area contributed by atoms with Gasteiger partial charge in [-0.2, -0.15) is 0 Å². The van der Waals surface area contributed by atoms with Gasteiger partial charge in [0, 0.05) is 23.3 Å². The van der Waals surface area contributed by atoms with Crippen LogP contribution in [-0.4, -0.2) is 72.4 Å². The van der Waals surface area contributed by atoms with E-state index < -0.39 is 23.6 Å². The minimum absolute atomic E-state index is 0.0137. The minimum atomic E-state index is -0.680. The van der Waals surface area contributed by atoms with Crippen molar-refractivity contribution in [2.75, 3.05) is 70.0 Å². The SMILES string of the molecule is C#Cc1ccc(OCCCCCCCC)c(C(=O)Nc2cc(NC(=O)c3cccc(C(=O)Nc4cc(NC(=O)c5cc(C#C)ccc5OCCCCCCCC)c(OC)cc4OC)c3OC)c(OC)cc2OC)c1. The normalized spacial score (nSPS) is 10.5. The first-order valence-electron chi connectivity index (χ1n) is 24.9. The van der Waals surface area contributed by atoms with Crippen LogP contribution in [0.3, 0.4) is 0 Å². The Morgan fingerprint density at radius 1 is 0.405 bits per heavy atom. The van der Waals surface area contributed by atoms with E-state index in [1.54, 1.807) is 36.4 Å². The van der Waals surface area contributed by atoms with Gasteiger partial charge < -0.3 is 54.4 Å². The summed E-state index contributed by atoms with van der Waals surface area (Å²) in [6.45, 7) is 5.20. The molecule has 5 aromatic rings. The van der Waals surface area contributed by atoms with Crippen LogP contribution < -0.4 is 54.4 Å². The molecule has 4 amide bonds. The van der Waals surface area contributed by atoms with Crippen molar-refractivity contribution in [2.24, 2.45) is 0 Å². The quantitative estimate of drug-likeness (QED) is 0.0264. The van der Waals surface area contributed by atoms with E-state index in [1.165, 1.54) is 104 Å². The lowest BCUT2D eigenvalue weighted by molar-refractivity contribution is 0.101. The van der Waals surface area contributed by atoms with E-state index in [9.17, 15) is 19.2 Å². The Balaban J connectivity index is 1.37. The van der Waals surface area contributed by atoms with Gasteiger partial charge in [-0.3, -0.25) is 19.2 Å². The van der Waals surface area contributed by atoms with Crippen LogP contribution in [-0.2, 0) is 0 Å². The molecule has 0 aliphatic carbocycles. The van der Waals surface area contributed by atoms with Crippen LogP contribution in [0.5, 0.6) is 40.2 Å². The number of carbonyl (C=O) groups excluding carboxylic acids is 4. The Bertz CT molecular complexity index is 2640. The summed E-state index contributed by atoms with van der Waals surface area (Å²) in [4.78, 5) is 56.4. The van der Waals surface area contributed by atoms with E-state index in [0.29, 0.717) is 35.8 Å². The van der Waals surface area contributed by atoms with Gasteiger partial charge in [-0.25, -0.2) is 0 Å². The smallest absolute Gasteiger partial charge is 0.259 e. The summed E-state index contributed by atoms with van der Waals surface area (Å²) in [5, 5.41) is 11.4. The number of hydrogen-bond acceptors (Lipinski definition) is 11. The van der Waals surface area contributed by atoms with E-state index in [-0.39, 0.29) is 73.8 Å². The Morgan fingerprint density at radius 3 is 1.07 bits per heavy atom. The molecule has 0 radical (unpaired) electrons. The first kappa shape index (κ1) is 56.6. The lowest BCUT2D eigenvalue weighted by atomic mass is 10.1. The van der Waals surface area contributed by atoms with Crippen LogP contribution >= 0.6 is 0 Å². The van der Waals surface area contributed by atoms with Gasteiger partial charge in [-0.05, 0) is 73.5 Å². The van der Waals surface area contributed by atoms with E-state index in [0.717, 1.165) is 51.4 Å². The zero-order valence-electron chi connectivity index (χ0n) is 43.6. The predicted octanol–water partition coefficient (Wildman–Crippen LogP) is 12.2. The maximum absolute atomic E-state index is 14.2. The summed E-state index contributed by atoms with van der Waals surface area (Å²) in [6, 6.07) is 20.4. The highest BCUT2D eigenvalue weighted by Gasteiger charge is 2.25. The van der Waals surface area contributed by atoms with Gasteiger partial charge in [0.2, 0.25) is 0 Å². The topological polar surface area (TPSA) is 181 Å². The second-order valence-electron chi connectivity index (χ2n) is 17.2. The highest BCUT2D eigenvalue weighted by molar-refractivity contribution is 6.14. The largest absolute Gasteiger partial charge is 0.495 e. The second-order valence-corrected chi connectivity index (χ2v) is 17.2. The lowest BCUT2D eigenvalue weighted by Crippen LogP contribution is -2.19. The first-order valence-corrected chi connectivity index (χ1v) is 24.9. The van der Waals surface area contributed by atoms with Crippen LogP contribution in [0, 0.1) is 24.7 Å². The molecule has 0 saturated carbocycles. The van der Waals surface area contributed by atoms with Gasteiger partial charge in [0.05, 0.1) is 93.8 Å². The summed E-state index contributed by atoms with van der Waals surface area (Å²) in [6.07, 6.45) is 24.4. The van der Waals surface area contributed by atoms with Crippen molar-refractivity contribution in [3.8, 4) is 64.9 Å². The standard InChI is InChI=1S/C59H68N4O11/c1-10-14-16-18-20-22-31-73-49-29-27-39(12-3)33-43(49)58(66)62-47-35-45(51(68-5)37-53(47)70-7)60-56(64)41-25-24-26-42(55(41)72-9)57(65)61-46-36-48(54(71-8)38-52(46)69-6)63-59(67)44-34-40(13-4)28-30-50(44)74-32-23-21-19-17-15-11-2/h3-4,24-30,33-38H,10-11,14-23,31-32H2,1-2,5-9H3,(H,60,64)(H,61,65)(H,62,66)(H,63,67). The third kappa shape index (κ3) is 15.4. The second kappa shape index (κ2) is 29.3. The Kier molecular flexibility index (Phi) is 22.4. The number of para-hydroxylation sites is 1. The molecule has 4 N–H and O–H groups in total. The molecule has 0 bridgehead atoms. The molecule has 0 spiro atoms. The molecule has 0 heterocycles. The molecule has 0 aromatic heterocycles. The number of hydrogen-bond donors (Lipinski definition) is 4. The maximum atomic E-state index is 14.2. The van der Waals surface area contributed by atoms with E-state index in [4.69, 9.17) is 46.0 Å². The summed E-state index contributed by atoms with van der Waals surface area (Å²) in [5.74, 6) is 4.27. The number of ether oxygens (including phenoxy) is 7. The number of anilines is 4. The molecule has 390 valence electrons. The van der Waals surface area contributed by atoms with Gasteiger partial charge in [0.25, 0.3) is 23.6 Å². The summed E-state index contributed by atoms with van der Waals surface area (Å²) in [7, 11) is 7.02. The van der Waals surface area contributed by atoms with Crippen LogP contribution in [0.4, 0.5) is 22.7 Å². The van der Waals surface area contributed by atoms with Gasteiger partial charge in [0.1, 0.15) is 40.2 Å². The minimum Gasteiger partial charge on any atom is -0.495 e. The zero-order chi connectivity index (χ0) is 53.4. The summed E-state index contributed by atoms with van der Waals surface area (Å²) < 4.78 is 40.4. The fraction of sp³-hybridized carbons (Fsp3) is 0.356. The number of rotatable bonds is 29. The number of unbranched alkanes of at least 4 members (excludes halogenated alkanes) is 10. The maximum Gasteiger partial charge on any atom is 0.259 e. The van der Waals surface area contributed by atoms with Crippen molar-refractivity contribution in [3.63, 3.8) is 0 Å². The molecule has 15 heteroatoms. The number of terminal acetylenes is 2. The molecule has 0 aliphatic rings. The van der Waals surface area contributed by atoms with Crippen molar-refractivity contribution in [3.05, 3.63) is 112 Å². The third-order valence-electron chi connectivity index (χ3n) is 12.0. The van der Waals surface area contributed by atoms with E-state index >= 15 is 0 Å². The molecule has 0 aliphatic heterocycles. The Labute approximate surface area is 435 Å². The van der Waals surface area contributed by atoms with Crippen LogP contribution in [0.15, 0.2) is 78.9 Å². The monoisotopic (exact) mass is 1010 g/mol. The molecule has 0 fully saturated rings. The summed E-state index contributed by atoms with van der Waals surface area (Å²) in [5.41, 5.74) is 2.08. The van der Waals surface area contributed by atoms with E-state index in [1.807, 2.05) is 0 Å². The predicted molar refractivity (Wildman–Crippen MR) is 290 cm³/mol. The van der Waals surface area contributed by atoms with Gasteiger partial charge in [-0.15, -0.1) is 12.8 Å². The van der Waals surface area contributed by atoms with Gasteiger partial charge in [-0.1, -0.05) is 96.0 Å². The molecule has 0 unspecified atom stereocenters. The fourth-order valence-corrected chi connectivity index (χ4v) is 8.04. The van der Waals surface area contributed by atoms with Gasteiger partial charge >= 0.3 is 0 Å². The molecule has 5 rings (SSSR count). The molecule has 0 atom stereocenters. The number of methoxy groups -OCH3 is 5. The lowest BCUT2D eigenvalue weighted by Gasteiger charge is -2.19. The number of benzene rings is 5. The summed E-state index contributed by atoms with van der Waals surface area (Å²) >= 11 is 0. The number of carbonyl (C=O) groups is 4. The molecule has 5 aromatic carbocycles. The van der Waals surface area contributed by atoms with Crippen LogP contribution in [0.1, 0.15) is 143 Å². The number of amides is 4. The molecular formula is C59H68N4O11. The number of nitrogens with one attached hydrogen (secondary N) is 4. The van der Waals surface area contributed by atoms with E-state index in [2.05, 4.69) is 47.0 Å². The van der Waals surface area contributed by atoms with Crippen molar-refractivity contribution >= 4 is 46.4 Å². The van der Waals surface area contributed by atoms with Crippen LogP contribution in [0.2, 0.25) is 0 Å². The Hall–Kier alpha value is -8.30. The fourth-order valence-electron chi connectivity index (χ4n) is 8.04. The van der Waals surface area contributed by atoms with Crippen molar-refractivity contribution in [1.29, 1.82) is 0 Å². The molecule has 0 saturated heterocycles. The van der Waals surface area contributed by atoms with Crippen LogP contribution in [0.25, 0.3) is 0 Å². The van der Waals surface area contributed by atoms with Crippen molar-refractivity contribution in [2.45, 2.75) is 90.9 Å². The highest BCUT2D eigenvalue weighted by atomic mass is 16.5.